The Hall–Kier alpha value is -1.47. The van der Waals surface area contributed by atoms with Gasteiger partial charge in [-0.1, -0.05) is 30.3 Å². The Balaban J connectivity index is 3.16. The highest BCUT2D eigenvalue weighted by Crippen LogP contribution is 2.32. The van der Waals surface area contributed by atoms with Crippen LogP contribution in [-0.2, 0) is 4.79 Å². The zero-order valence-electron chi connectivity index (χ0n) is 10.3. The second-order valence-electron chi connectivity index (χ2n) is 4.51. The molecule has 1 rings (SSSR count). The van der Waals surface area contributed by atoms with Crippen molar-refractivity contribution in [3.8, 4) is 0 Å². The standard InChI is InChI=1S/C13H18O6/c14-6-13(7-15,8-16)11(17)10(12(18)19)9-4-2-1-3-5-9/h1-5,10-11,14-17H,6-8H2,(H,18,19). The Labute approximate surface area is 110 Å². The van der Waals surface area contributed by atoms with Crippen molar-refractivity contribution in [2.75, 3.05) is 19.8 Å². The number of carboxylic acid groups (broad SMARTS) is 1. The molecule has 2 atom stereocenters. The van der Waals surface area contributed by atoms with Gasteiger partial charge in [0.25, 0.3) is 0 Å². The number of aliphatic hydroxyl groups excluding tert-OH is 4. The zero-order valence-corrected chi connectivity index (χ0v) is 10.3. The van der Waals surface area contributed by atoms with Gasteiger partial charge in [0.15, 0.2) is 0 Å². The van der Waals surface area contributed by atoms with Crippen LogP contribution in [0.3, 0.4) is 0 Å². The Morgan fingerprint density at radius 3 is 1.89 bits per heavy atom. The highest BCUT2D eigenvalue weighted by atomic mass is 16.4. The maximum Gasteiger partial charge on any atom is 0.313 e. The van der Waals surface area contributed by atoms with E-state index in [1.807, 2.05) is 0 Å². The SMILES string of the molecule is O=C(O)C(c1ccccc1)C(O)C(CO)(CO)CO. The third-order valence-electron chi connectivity index (χ3n) is 3.31. The third kappa shape index (κ3) is 3.10. The molecule has 6 heteroatoms. The monoisotopic (exact) mass is 270 g/mol. The highest BCUT2D eigenvalue weighted by molar-refractivity contribution is 5.77. The number of carboxylic acids is 1. The fraction of sp³-hybridized carbons (Fsp3) is 0.462. The lowest BCUT2D eigenvalue weighted by atomic mass is 9.75. The molecule has 0 spiro atoms. The molecule has 0 radical (unpaired) electrons. The van der Waals surface area contributed by atoms with Gasteiger partial charge in [-0.25, -0.2) is 0 Å². The summed E-state index contributed by atoms with van der Waals surface area (Å²) < 4.78 is 0. The van der Waals surface area contributed by atoms with Crippen molar-refractivity contribution in [1.29, 1.82) is 0 Å². The van der Waals surface area contributed by atoms with Gasteiger partial charge in [-0.2, -0.15) is 0 Å². The first-order valence-corrected chi connectivity index (χ1v) is 5.81. The van der Waals surface area contributed by atoms with Crippen LogP contribution >= 0.6 is 0 Å². The van der Waals surface area contributed by atoms with E-state index in [1.54, 1.807) is 18.2 Å². The molecule has 0 aliphatic rings. The van der Waals surface area contributed by atoms with Gasteiger partial charge in [-0.3, -0.25) is 4.79 Å². The van der Waals surface area contributed by atoms with Gasteiger partial charge in [0.1, 0.15) is 5.92 Å². The molecule has 5 N–H and O–H groups in total. The van der Waals surface area contributed by atoms with E-state index in [9.17, 15) is 30.3 Å². The van der Waals surface area contributed by atoms with E-state index in [1.165, 1.54) is 12.1 Å². The largest absolute Gasteiger partial charge is 0.481 e. The number of aliphatic carboxylic acids is 1. The van der Waals surface area contributed by atoms with Gasteiger partial charge in [0.2, 0.25) is 0 Å². The number of hydrogen-bond acceptors (Lipinski definition) is 5. The van der Waals surface area contributed by atoms with Crippen molar-refractivity contribution in [1.82, 2.24) is 0 Å². The first-order valence-electron chi connectivity index (χ1n) is 5.81. The van der Waals surface area contributed by atoms with Gasteiger partial charge < -0.3 is 25.5 Å². The molecule has 0 heterocycles. The molecule has 0 saturated carbocycles. The molecule has 0 aliphatic heterocycles. The zero-order chi connectivity index (χ0) is 14.5. The smallest absolute Gasteiger partial charge is 0.313 e. The molecule has 0 bridgehead atoms. The summed E-state index contributed by atoms with van der Waals surface area (Å²) in [6.07, 6.45) is -1.62. The topological polar surface area (TPSA) is 118 Å². The lowest BCUT2D eigenvalue weighted by molar-refractivity contribution is -0.149. The van der Waals surface area contributed by atoms with E-state index in [0.717, 1.165) is 0 Å². The minimum atomic E-state index is -1.67. The van der Waals surface area contributed by atoms with E-state index in [4.69, 9.17) is 0 Å². The molecule has 106 valence electrons. The molecule has 2 unspecified atom stereocenters. The normalized spacial score (nSPS) is 14.9. The molecular formula is C13H18O6. The molecule has 1 aromatic rings. The molecule has 0 amide bonds. The van der Waals surface area contributed by atoms with E-state index >= 15 is 0 Å². The van der Waals surface area contributed by atoms with E-state index in [-0.39, 0.29) is 0 Å². The van der Waals surface area contributed by atoms with Gasteiger partial charge in [-0.05, 0) is 5.56 Å². The van der Waals surface area contributed by atoms with Gasteiger partial charge in [0.05, 0.1) is 31.3 Å². The summed E-state index contributed by atoms with van der Waals surface area (Å²) in [6, 6.07) is 8.00. The van der Waals surface area contributed by atoms with Crippen LogP contribution in [0.5, 0.6) is 0 Å². The van der Waals surface area contributed by atoms with Crippen LogP contribution in [0.25, 0.3) is 0 Å². The number of carbonyl (C=O) groups is 1. The van der Waals surface area contributed by atoms with Crippen LogP contribution in [0.1, 0.15) is 11.5 Å². The van der Waals surface area contributed by atoms with Crippen molar-refractivity contribution < 1.29 is 30.3 Å². The fourth-order valence-corrected chi connectivity index (χ4v) is 1.90. The predicted molar refractivity (Wildman–Crippen MR) is 66.5 cm³/mol. The number of aliphatic hydroxyl groups is 4. The minimum Gasteiger partial charge on any atom is -0.481 e. The van der Waals surface area contributed by atoms with Gasteiger partial charge >= 0.3 is 5.97 Å². The van der Waals surface area contributed by atoms with E-state index < -0.39 is 43.2 Å². The Bertz CT molecular complexity index is 393. The van der Waals surface area contributed by atoms with Crippen molar-refractivity contribution in [3.05, 3.63) is 35.9 Å². The second kappa shape index (κ2) is 6.63. The predicted octanol–water partition coefficient (Wildman–Crippen LogP) is -0.821. The summed E-state index contributed by atoms with van der Waals surface area (Å²) in [7, 11) is 0. The molecule has 0 aliphatic carbocycles. The summed E-state index contributed by atoms with van der Waals surface area (Å²) in [5.74, 6) is -2.63. The van der Waals surface area contributed by atoms with Crippen LogP contribution in [0.4, 0.5) is 0 Å². The molecule has 6 nitrogen and oxygen atoms in total. The quantitative estimate of drug-likeness (QED) is 0.442. The molecular weight excluding hydrogens is 252 g/mol. The first-order chi connectivity index (χ1) is 9.02. The number of benzene rings is 1. The Morgan fingerprint density at radius 1 is 1.05 bits per heavy atom. The molecule has 1 aromatic carbocycles. The summed E-state index contributed by atoms with van der Waals surface area (Å²) in [5, 5.41) is 47.2. The van der Waals surface area contributed by atoms with Gasteiger partial charge in [0, 0.05) is 0 Å². The second-order valence-corrected chi connectivity index (χ2v) is 4.51. The van der Waals surface area contributed by atoms with Crippen LogP contribution in [0.15, 0.2) is 30.3 Å². The van der Waals surface area contributed by atoms with Crippen molar-refractivity contribution in [2.24, 2.45) is 5.41 Å². The average molecular weight is 270 g/mol. The van der Waals surface area contributed by atoms with E-state index in [0.29, 0.717) is 5.56 Å². The molecule has 19 heavy (non-hydrogen) atoms. The third-order valence-corrected chi connectivity index (χ3v) is 3.31. The highest BCUT2D eigenvalue weighted by Gasteiger charge is 2.44. The van der Waals surface area contributed by atoms with Crippen LogP contribution in [0.2, 0.25) is 0 Å². The summed E-state index contributed by atoms with van der Waals surface area (Å²) >= 11 is 0. The number of rotatable bonds is 7. The summed E-state index contributed by atoms with van der Waals surface area (Å²) in [6.45, 7) is -2.17. The average Bonchev–Trinajstić information content (AvgIpc) is 2.42. The Kier molecular flexibility index (Phi) is 5.44. The van der Waals surface area contributed by atoms with Crippen LogP contribution in [0, 0.1) is 5.41 Å². The maximum atomic E-state index is 11.3. The summed E-state index contributed by atoms with van der Waals surface area (Å²) in [5.41, 5.74) is -1.33. The lowest BCUT2D eigenvalue weighted by Gasteiger charge is -2.36. The summed E-state index contributed by atoms with van der Waals surface area (Å²) in [4.78, 5) is 11.3. The maximum absolute atomic E-state index is 11.3. The van der Waals surface area contributed by atoms with Crippen LogP contribution in [-0.4, -0.2) is 57.4 Å². The van der Waals surface area contributed by atoms with Crippen LogP contribution < -0.4 is 0 Å². The minimum absolute atomic E-state index is 0.335. The van der Waals surface area contributed by atoms with E-state index in [2.05, 4.69) is 0 Å². The van der Waals surface area contributed by atoms with Crippen molar-refractivity contribution in [3.63, 3.8) is 0 Å². The molecule has 0 aromatic heterocycles. The molecule has 0 fully saturated rings. The van der Waals surface area contributed by atoms with Crippen molar-refractivity contribution in [2.45, 2.75) is 12.0 Å². The van der Waals surface area contributed by atoms with Gasteiger partial charge in [-0.15, -0.1) is 0 Å². The first kappa shape index (κ1) is 15.6. The molecule has 0 saturated heterocycles. The Morgan fingerprint density at radius 2 is 1.53 bits per heavy atom. The lowest BCUT2D eigenvalue weighted by Crippen LogP contribution is -2.49. The number of hydrogen-bond donors (Lipinski definition) is 5. The van der Waals surface area contributed by atoms with Crippen molar-refractivity contribution >= 4 is 5.97 Å². The fourth-order valence-electron chi connectivity index (χ4n) is 1.90.